The number of para-hydroxylation sites is 2. The van der Waals surface area contributed by atoms with Gasteiger partial charge in [0.05, 0.1) is 12.8 Å². The van der Waals surface area contributed by atoms with Gasteiger partial charge in [0.2, 0.25) is 0 Å². The van der Waals surface area contributed by atoms with E-state index >= 15 is 0 Å². The zero-order valence-corrected chi connectivity index (χ0v) is 13.8. The summed E-state index contributed by atoms with van der Waals surface area (Å²) in [5.74, 6) is 0.971. The molecular weight excluding hydrogens is 316 g/mol. The van der Waals surface area contributed by atoms with Crippen molar-refractivity contribution in [3.05, 3.63) is 78.0 Å². The molecule has 0 unspecified atom stereocenters. The van der Waals surface area contributed by atoms with Gasteiger partial charge in [-0.1, -0.05) is 42.5 Å². The van der Waals surface area contributed by atoms with E-state index in [-0.39, 0.29) is 11.6 Å². The van der Waals surface area contributed by atoms with E-state index in [1.54, 1.807) is 19.2 Å². The number of carbonyl (C=O) groups is 1. The van der Waals surface area contributed by atoms with Gasteiger partial charge in [0.25, 0.3) is 5.91 Å². The van der Waals surface area contributed by atoms with Gasteiger partial charge in [-0.05, 0) is 29.8 Å². The van der Waals surface area contributed by atoms with Crippen molar-refractivity contribution in [3.63, 3.8) is 0 Å². The van der Waals surface area contributed by atoms with Gasteiger partial charge in [0.1, 0.15) is 5.75 Å². The SMILES string of the molecule is COc1ccccc1Nc1ccc(C(=O)NCc2ccccc2)nn1. The molecule has 3 rings (SSSR count). The maximum absolute atomic E-state index is 12.1. The predicted octanol–water partition coefficient (Wildman–Crippen LogP) is 3.16. The highest BCUT2D eigenvalue weighted by atomic mass is 16.5. The number of nitrogens with one attached hydrogen (secondary N) is 2. The molecule has 1 heterocycles. The Morgan fingerprint density at radius 1 is 0.960 bits per heavy atom. The van der Waals surface area contributed by atoms with E-state index in [9.17, 15) is 4.79 Å². The number of hydrogen-bond acceptors (Lipinski definition) is 5. The van der Waals surface area contributed by atoms with E-state index < -0.39 is 0 Å². The van der Waals surface area contributed by atoms with Crippen LogP contribution in [0.4, 0.5) is 11.5 Å². The van der Waals surface area contributed by atoms with Crippen LogP contribution in [0, 0.1) is 0 Å². The van der Waals surface area contributed by atoms with E-state index in [0.717, 1.165) is 11.3 Å². The third-order valence-corrected chi connectivity index (χ3v) is 3.56. The van der Waals surface area contributed by atoms with Gasteiger partial charge in [0.15, 0.2) is 11.5 Å². The Hall–Kier alpha value is -3.41. The third kappa shape index (κ3) is 4.32. The van der Waals surface area contributed by atoms with Crippen LogP contribution in [0.25, 0.3) is 0 Å². The summed E-state index contributed by atoms with van der Waals surface area (Å²) in [5.41, 5.74) is 2.07. The lowest BCUT2D eigenvalue weighted by Crippen LogP contribution is -2.24. The molecule has 6 nitrogen and oxygen atoms in total. The summed E-state index contributed by atoms with van der Waals surface area (Å²) in [6, 6.07) is 20.5. The van der Waals surface area contributed by atoms with Crippen LogP contribution in [0.15, 0.2) is 66.7 Å². The topological polar surface area (TPSA) is 76.1 Å². The lowest BCUT2D eigenvalue weighted by molar-refractivity contribution is 0.0945. The summed E-state index contributed by atoms with van der Waals surface area (Å²) in [6.45, 7) is 0.447. The largest absolute Gasteiger partial charge is 0.495 e. The summed E-state index contributed by atoms with van der Waals surface area (Å²) >= 11 is 0. The third-order valence-electron chi connectivity index (χ3n) is 3.56. The zero-order chi connectivity index (χ0) is 17.5. The average Bonchev–Trinajstić information content (AvgIpc) is 2.68. The molecule has 0 fully saturated rings. The van der Waals surface area contributed by atoms with Crippen LogP contribution in [0.5, 0.6) is 5.75 Å². The highest BCUT2D eigenvalue weighted by Gasteiger charge is 2.09. The summed E-state index contributed by atoms with van der Waals surface area (Å²) < 4.78 is 5.28. The predicted molar refractivity (Wildman–Crippen MR) is 95.9 cm³/mol. The molecule has 6 heteroatoms. The monoisotopic (exact) mass is 334 g/mol. The number of rotatable bonds is 6. The molecule has 0 aliphatic heterocycles. The molecule has 0 radical (unpaired) electrons. The Bertz CT molecular complexity index is 836. The van der Waals surface area contributed by atoms with Crippen molar-refractivity contribution in [1.29, 1.82) is 0 Å². The summed E-state index contributed by atoms with van der Waals surface area (Å²) in [7, 11) is 1.60. The van der Waals surface area contributed by atoms with Gasteiger partial charge < -0.3 is 15.4 Å². The molecule has 0 saturated carbocycles. The fourth-order valence-electron chi connectivity index (χ4n) is 2.27. The van der Waals surface area contributed by atoms with Gasteiger partial charge in [-0.25, -0.2) is 0 Å². The fourth-order valence-corrected chi connectivity index (χ4v) is 2.27. The highest BCUT2D eigenvalue weighted by Crippen LogP contribution is 2.25. The molecular formula is C19H18N4O2. The normalized spacial score (nSPS) is 10.1. The number of carbonyl (C=O) groups excluding carboxylic acids is 1. The second-order valence-corrected chi connectivity index (χ2v) is 5.30. The lowest BCUT2D eigenvalue weighted by atomic mass is 10.2. The van der Waals surface area contributed by atoms with Crippen molar-refractivity contribution in [2.75, 3.05) is 12.4 Å². The molecule has 0 spiro atoms. The van der Waals surface area contributed by atoms with E-state index in [1.165, 1.54) is 0 Å². The van der Waals surface area contributed by atoms with Crippen molar-refractivity contribution in [2.45, 2.75) is 6.54 Å². The minimum absolute atomic E-state index is 0.264. The van der Waals surface area contributed by atoms with Crippen LogP contribution in [0.3, 0.4) is 0 Å². The van der Waals surface area contributed by atoms with Crippen molar-refractivity contribution in [2.24, 2.45) is 0 Å². The number of hydrogen-bond donors (Lipinski definition) is 2. The van der Waals surface area contributed by atoms with Crippen LogP contribution in [-0.4, -0.2) is 23.2 Å². The Morgan fingerprint density at radius 3 is 2.44 bits per heavy atom. The van der Waals surface area contributed by atoms with Crippen molar-refractivity contribution >= 4 is 17.4 Å². The first-order valence-corrected chi connectivity index (χ1v) is 7.82. The molecule has 1 aromatic heterocycles. The van der Waals surface area contributed by atoms with Gasteiger partial charge in [-0.3, -0.25) is 4.79 Å². The maximum atomic E-state index is 12.1. The fraction of sp³-hybridized carbons (Fsp3) is 0.105. The van der Waals surface area contributed by atoms with Gasteiger partial charge >= 0.3 is 0 Å². The van der Waals surface area contributed by atoms with Gasteiger partial charge in [-0.2, -0.15) is 0 Å². The first-order valence-electron chi connectivity index (χ1n) is 7.82. The van der Waals surface area contributed by atoms with Gasteiger partial charge in [0, 0.05) is 6.54 Å². The molecule has 0 bridgehead atoms. The smallest absolute Gasteiger partial charge is 0.272 e. The first kappa shape index (κ1) is 16.4. The highest BCUT2D eigenvalue weighted by molar-refractivity contribution is 5.92. The number of nitrogens with zero attached hydrogens (tertiary/aromatic N) is 2. The average molecular weight is 334 g/mol. The molecule has 0 aliphatic carbocycles. The Balaban J connectivity index is 1.62. The van der Waals surface area contributed by atoms with E-state index in [1.807, 2.05) is 54.6 Å². The molecule has 0 atom stereocenters. The summed E-state index contributed by atoms with van der Waals surface area (Å²) in [4.78, 5) is 12.1. The van der Waals surface area contributed by atoms with E-state index in [0.29, 0.717) is 18.1 Å². The van der Waals surface area contributed by atoms with Crippen LogP contribution >= 0.6 is 0 Å². The minimum atomic E-state index is -0.264. The quantitative estimate of drug-likeness (QED) is 0.724. The van der Waals surface area contributed by atoms with E-state index in [4.69, 9.17) is 4.74 Å². The number of anilines is 2. The molecule has 2 aromatic carbocycles. The maximum Gasteiger partial charge on any atom is 0.272 e. The number of aromatic nitrogens is 2. The van der Waals surface area contributed by atoms with Crippen LogP contribution in [0.2, 0.25) is 0 Å². The minimum Gasteiger partial charge on any atom is -0.495 e. The zero-order valence-electron chi connectivity index (χ0n) is 13.8. The molecule has 126 valence electrons. The number of benzene rings is 2. The second-order valence-electron chi connectivity index (χ2n) is 5.30. The van der Waals surface area contributed by atoms with Gasteiger partial charge in [-0.15, -0.1) is 10.2 Å². The van der Waals surface area contributed by atoms with Crippen LogP contribution in [0.1, 0.15) is 16.1 Å². The molecule has 0 aliphatic rings. The number of methoxy groups -OCH3 is 1. The lowest BCUT2D eigenvalue weighted by Gasteiger charge is -2.10. The van der Waals surface area contributed by atoms with Crippen molar-refractivity contribution < 1.29 is 9.53 Å². The molecule has 0 saturated heterocycles. The summed E-state index contributed by atoms with van der Waals surface area (Å²) in [6.07, 6.45) is 0. The van der Waals surface area contributed by atoms with Crippen LogP contribution < -0.4 is 15.4 Å². The van der Waals surface area contributed by atoms with Crippen molar-refractivity contribution in [3.8, 4) is 5.75 Å². The Labute approximate surface area is 145 Å². The standard InChI is InChI=1S/C19H18N4O2/c1-25-17-10-6-5-9-15(17)21-18-12-11-16(22-23-18)19(24)20-13-14-7-3-2-4-8-14/h2-12H,13H2,1H3,(H,20,24)(H,21,23). The molecule has 2 N–H and O–H groups in total. The van der Waals surface area contributed by atoms with Crippen molar-refractivity contribution in [1.82, 2.24) is 15.5 Å². The number of amides is 1. The Morgan fingerprint density at radius 2 is 1.72 bits per heavy atom. The second kappa shape index (κ2) is 7.92. The molecule has 1 amide bonds. The Kier molecular flexibility index (Phi) is 5.21. The molecule has 3 aromatic rings. The number of ether oxygens (including phenoxy) is 1. The van der Waals surface area contributed by atoms with Crippen LogP contribution in [-0.2, 0) is 6.54 Å². The molecule has 25 heavy (non-hydrogen) atoms. The first-order chi connectivity index (χ1) is 12.3. The summed E-state index contributed by atoms with van der Waals surface area (Å²) in [5, 5.41) is 14.0. The van der Waals surface area contributed by atoms with E-state index in [2.05, 4.69) is 20.8 Å².